The molecule has 0 radical (unpaired) electrons. The van der Waals surface area contributed by atoms with E-state index in [1.807, 2.05) is 11.8 Å². The van der Waals surface area contributed by atoms with Crippen molar-refractivity contribution in [2.24, 2.45) is 0 Å². The topological polar surface area (TPSA) is 65.1 Å². The van der Waals surface area contributed by atoms with Gasteiger partial charge in [-0.05, 0) is 6.92 Å². The van der Waals surface area contributed by atoms with Crippen molar-refractivity contribution in [2.45, 2.75) is 13.5 Å². The van der Waals surface area contributed by atoms with E-state index in [4.69, 9.17) is 0 Å². The van der Waals surface area contributed by atoms with Crippen LogP contribution < -0.4 is 0 Å². The fourth-order valence-electron chi connectivity index (χ4n) is 2.37. The van der Waals surface area contributed by atoms with Crippen LogP contribution in [0.1, 0.15) is 21.1 Å². The molecule has 1 amide bonds. The molecule has 3 heterocycles. The van der Waals surface area contributed by atoms with Gasteiger partial charge in [-0.15, -0.1) is 11.3 Å². The van der Waals surface area contributed by atoms with Gasteiger partial charge in [0.1, 0.15) is 0 Å². The van der Waals surface area contributed by atoms with E-state index in [1.165, 1.54) is 0 Å². The van der Waals surface area contributed by atoms with E-state index in [9.17, 15) is 4.79 Å². The normalized spacial score (nSPS) is 16.6. The van der Waals surface area contributed by atoms with Gasteiger partial charge in [-0.25, -0.2) is 4.98 Å². The highest BCUT2D eigenvalue weighted by Crippen LogP contribution is 2.13. The average molecular weight is 291 g/mol. The minimum absolute atomic E-state index is 0.0582. The zero-order valence-corrected chi connectivity index (χ0v) is 12.2. The first-order chi connectivity index (χ1) is 9.72. The predicted molar refractivity (Wildman–Crippen MR) is 76.6 cm³/mol. The van der Waals surface area contributed by atoms with Crippen LogP contribution in [0.3, 0.4) is 0 Å². The number of hydrogen-bond donors (Lipinski definition) is 1. The number of carbonyl (C=O) groups is 1. The van der Waals surface area contributed by atoms with Crippen LogP contribution in [-0.4, -0.2) is 57.1 Å². The number of amides is 1. The van der Waals surface area contributed by atoms with Crippen LogP contribution in [0.4, 0.5) is 0 Å². The molecule has 1 aliphatic heterocycles. The molecule has 0 saturated carbocycles. The van der Waals surface area contributed by atoms with E-state index in [0.29, 0.717) is 5.56 Å². The van der Waals surface area contributed by atoms with E-state index >= 15 is 0 Å². The molecule has 6 nitrogen and oxygen atoms in total. The minimum atomic E-state index is 0.0582. The number of carbonyl (C=O) groups excluding carboxylic acids is 1. The van der Waals surface area contributed by atoms with Crippen molar-refractivity contribution in [1.82, 2.24) is 25.0 Å². The van der Waals surface area contributed by atoms with E-state index in [2.05, 4.69) is 25.5 Å². The Bertz CT molecular complexity index is 571. The Morgan fingerprint density at radius 1 is 1.40 bits per heavy atom. The zero-order chi connectivity index (χ0) is 13.9. The second-order valence-electron chi connectivity index (χ2n) is 4.91. The summed E-state index contributed by atoms with van der Waals surface area (Å²) in [5, 5.41) is 9.71. The third-order valence-corrected chi connectivity index (χ3v) is 4.28. The standard InChI is InChI=1S/C13H17N5OS/c1-10-16-12(9-20-10)8-17-2-4-18(5-3-17)13(19)11-6-14-15-7-11/h6-7,9H,2-5,8H2,1H3,(H,14,15). The summed E-state index contributed by atoms with van der Waals surface area (Å²) in [6.45, 7) is 6.19. The third kappa shape index (κ3) is 2.88. The van der Waals surface area contributed by atoms with Crippen molar-refractivity contribution < 1.29 is 4.79 Å². The van der Waals surface area contributed by atoms with Gasteiger partial charge in [0, 0.05) is 44.3 Å². The lowest BCUT2D eigenvalue weighted by Crippen LogP contribution is -2.48. The van der Waals surface area contributed by atoms with Crippen molar-refractivity contribution in [3.8, 4) is 0 Å². The third-order valence-electron chi connectivity index (χ3n) is 3.46. The first kappa shape index (κ1) is 13.3. The second kappa shape index (κ2) is 5.72. The lowest BCUT2D eigenvalue weighted by atomic mass is 10.2. The highest BCUT2D eigenvalue weighted by atomic mass is 32.1. The largest absolute Gasteiger partial charge is 0.336 e. The van der Waals surface area contributed by atoms with Crippen LogP contribution in [0.25, 0.3) is 0 Å². The molecule has 1 N–H and O–H groups in total. The van der Waals surface area contributed by atoms with Crippen molar-refractivity contribution in [2.75, 3.05) is 26.2 Å². The molecule has 0 spiro atoms. The lowest BCUT2D eigenvalue weighted by Gasteiger charge is -2.34. The van der Waals surface area contributed by atoms with Crippen LogP contribution >= 0.6 is 11.3 Å². The van der Waals surface area contributed by atoms with E-state index in [-0.39, 0.29) is 5.91 Å². The molecule has 0 aliphatic carbocycles. The second-order valence-corrected chi connectivity index (χ2v) is 5.98. The van der Waals surface area contributed by atoms with Gasteiger partial charge < -0.3 is 4.90 Å². The molecule has 1 aliphatic rings. The summed E-state index contributed by atoms with van der Waals surface area (Å²) in [6.07, 6.45) is 3.22. The molecule has 1 fully saturated rings. The van der Waals surface area contributed by atoms with Crippen molar-refractivity contribution in [1.29, 1.82) is 0 Å². The van der Waals surface area contributed by atoms with Crippen LogP contribution in [0, 0.1) is 6.92 Å². The van der Waals surface area contributed by atoms with Gasteiger partial charge in [0.25, 0.3) is 5.91 Å². The van der Waals surface area contributed by atoms with E-state index < -0.39 is 0 Å². The molecule has 0 bridgehead atoms. The number of aryl methyl sites for hydroxylation is 1. The summed E-state index contributed by atoms with van der Waals surface area (Å²) < 4.78 is 0. The SMILES string of the molecule is Cc1nc(CN2CCN(C(=O)c3cn[nH]c3)CC2)cs1. The van der Waals surface area contributed by atoms with Crippen LogP contribution in [-0.2, 0) is 6.54 Å². The number of thiazole rings is 1. The monoisotopic (exact) mass is 291 g/mol. The summed E-state index contributed by atoms with van der Waals surface area (Å²) in [4.78, 5) is 20.9. The quantitative estimate of drug-likeness (QED) is 0.921. The molecule has 1 saturated heterocycles. The molecule has 7 heteroatoms. The van der Waals surface area contributed by atoms with Crippen LogP contribution in [0.2, 0.25) is 0 Å². The Labute approximate surface area is 121 Å². The molecule has 0 atom stereocenters. The lowest BCUT2D eigenvalue weighted by molar-refractivity contribution is 0.0627. The maximum Gasteiger partial charge on any atom is 0.257 e. The Hall–Kier alpha value is -1.73. The van der Waals surface area contributed by atoms with Crippen molar-refractivity contribution in [3.63, 3.8) is 0 Å². The summed E-state index contributed by atoms with van der Waals surface area (Å²) >= 11 is 1.68. The molecule has 3 rings (SSSR count). The average Bonchev–Trinajstić information content (AvgIpc) is 3.11. The Balaban J connectivity index is 1.53. The number of aromatic nitrogens is 3. The number of piperazine rings is 1. The van der Waals surface area contributed by atoms with Gasteiger partial charge in [0.05, 0.1) is 22.5 Å². The number of hydrogen-bond acceptors (Lipinski definition) is 5. The van der Waals surface area contributed by atoms with Crippen molar-refractivity contribution in [3.05, 3.63) is 34.0 Å². The van der Waals surface area contributed by atoms with Crippen LogP contribution in [0.15, 0.2) is 17.8 Å². The van der Waals surface area contributed by atoms with Crippen molar-refractivity contribution >= 4 is 17.2 Å². The minimum Gasteiger partial charge on any atom is -0.336 e. The number of H-pyrrole nitrogens is 1. The highest BCUT2D eigenvalue weighted by molar-refractivity contribution is 7.09. The molecule has 2 aromatic heterocycles. The maximum absolute atomic E-state index is 12.2. The summed E-state index contributed by atoms with van der Waals surface area (Å²) in [6, 6.07) is 0. The first-order valence-corrected chi connectivity index (χ1v) is 7.52. The molecule has 106 valence electrons. The predicted octanol–water partition coefficient (Wildman–Crippen LogP) is 1.13. The Kier molecular flexibility index (Phi) is 3.79. The zero-order valence-electron chi connectivity index (χ0n) is 11.4. The summed E-state index contributed by atoms with van der Waals surface area (Å²) in [5.41, 5.74) is 1.76. The van der Waals surface area contributed by atoms with E-state index in [0.717, 1.165) is 43.4 Å². The van der Waals surface area contributed by atoms with Gasteiger partial charge in [-0.3, -0.25) is 14.8 Å². The van der Waals surface area contributed by atoms with Gasteiger partial charge >= 0.3 is 0 Å². The maximum atomic E-state index is 12.2. The highest BCUT2D eigenvalue weighted by Gasteiger charge is 2.22. The fourth-order valence-corrected chi connectivity index (χ4v) is 2.97. The number of rotatable bonds is 3. The molecule has 0 aromatic carbocycles. The summed E-state index contributed by atoms with van der Waals surface area (Å²) in [7, 11) is 0. The number of nitrogens with one attached hydrogen (secondary N) is 1. The molecule has 0 unspecified atom stereocenters. The van der Waals surface area contributed by atoms with Gasteiger partial charge in [-0.1, -0.05) is 0 Å². The first-order valence-electron chi connectivity index (χ1n) is 6.64. The molecular formula is C13H17N5OS. The van der Waals surface area contributed by atoms with Gasteiger partial charge in [0.2, 0.25) is 0 Å². The number of aromatic amines is 1. The number of nitrogens with zero attached hydrogens (tertiary/aromatic N) is 4. The summed E-state index contributed by atoms with van der Waals surface area (Å²) in [5.74, 6) is 0.0582. The van der Waals surface area contributed by atoms with Crippen LogP contribution in [0.5, 0.6) is 0 Å². The molecular weight excluding hydrogens is 274 g/mol. The molecule has 2 aromatic rings. The van der Waals surface area contributed by atoms with Gasteiger partial charge in [0.15, 0.2) is 0 Å². The Morgan fingerprint density at radius 3 is 2.80 bits per heavy atom. The molecule has 20 heavy (non-hydrogen) atoms. The Morgan fingerprint density at radius 2 is 2.20 bits per heavy atom. The van der Waals surface area contributed by atoms with E-state index in [1.54, 1.807) is 23.7 Å². The fraction of sp³-hybridized carbons (Fsp3) is 0.462. The van der Waals surface area contributed by atoms with Gasteiger partial charge in [-0.2, -0.15) is 5.10 Å². The smallest absolute Gasteiger partial charge is 0.257 e.